The molecular formula is C15H18OS. The van der Waals surface area contributed by atoms with Gasteiger partial charge in [-0.2, -0.15) is 0 Å². The average molecular weight is 246 g/mol. The van der Waals surface area contributed by atoms with Crippen LogP contribution in [0.2, 0.25) is 0 Å². The summed E-state index contributed by atoms with van der Waals surface area (Å²) in [5.74, 6) is 0.324. The lowest BCUT2D eigenvalue weighted by Gasteiger charge is -2.18. The van der Waals surface area contributed by atoms with Crippen LogP contribution in [0.3, 0.4) is 0 Å². The Kier molecular flexibility index (Phi) is 3.72. The summed E-state index contributed by atoms with van der Waals surface area (Å²) in [6.07, 6.45) is 2.78. The fourth-order valence-electron chi connectivity index (χ4n) is 2.15. The molecule has 0 unspecified atom stereocenters. The number of hydrogen-bond acceptors (Lipinski definition) is 2. The van der Waals surface area contributed by atoms with Crippen LogP contribution in [0, 0.1) is 13.8 Å². The second kappa shape index (κ2) is 5.09. The lowest BCUT2D eigenvalue weighted by Crippen LogP contribution is -2.07. The van der Waals surface area contributed by atoms with Gasteiger partial charge >= 0.3 is 0 Å². The van der Waals surface area contributed by atoms with Crippen molar-refractivity contribution in [2.45, 2.75) is 44.9 Å². The van der Waals surface area contributed by atoms with Gasteiger partial charge in [-0.05, 0) is 49.6 Å². The standard InChI is InChI=1S/C15H18OS/c1-10-6-4-7-11(2)15(10)17-14-9-5-8-13(16)12(14)3/h4,6-7H,5,8-9H2,1-3H3. The molecule has 17 heavy (non-hydrogen) atoms. The number of rotatable bonds is 2. The molecule has 0 amide bonds. The molecule has 0 spiro atoms. The molecule has 1 aliphatic carbocycles. The lowest BCUT2D eigenvalue weighted by molar-refractivity contribution is -0.115. The number of benzene rings is 1. The van der Waals surface area contributed by atoms with Crippen LogP contribution >= 0.6 is 11.8 Å². The van der Waals surface area contributed by atoms with Crippen LogP contribution in [0.15, 0.2) is 33.6 Å². The van der Waals surface area contributed by atoms with Crippen molar-refractivity contribution in [3.05, 3.63) is 39.8 Å². The van der Waals surface area contributed by atoms with E-state index in [0.717, 1.165) is 24.8 Å². The van der Waals surface area contributed by atoms with E-state index in [4.69, 9.17) is 0 Å². The van der Waals surface area contributed by atoms with Crippen LogP contribution in [0.5, 0.6) is 0 Å². The van der Waals surface area contributed by atoms with Crippen molar-refractivity contribution in [2.75, 3.05) is 0 Å². The zero-order chi connectivity index (χ0) is 12.4. The molecule has 90 valence electrons. The highest BCUT2D eigenvalue weighted by Gasteiger charge is 2.18. The minimum Gasteiger partial charge on any atom is -0.295 e. The van der Waals surface area contributed by atoms with Gasteiger partial charge in [0, 0.05) is 16.9 Å². The van der Waals surface area contributed by atoms with Crippen LogP contribution < -0.4 is 0 Å². The Hall–Kier alpha value is -1.02. The molecule has 0 bridgehead atoms. The Morgan fingerprint density at radius 1 is 1.06 bits per heavy atom. The van der Waals surface area contributed by atoms with E-state index >= 15 is 0 Å². The number of ketones is 1. The monoisotopic (exact) mass is 246 g/mol. The maximum absolute atomic E-state index is 11.7. The van der Waals surface area contributed by atoms with Crippen LogP contribution in [-0.2, 0) is 4.79 Å². The smallest absolute Gasteiger partial charge is 0.159 e. The van der Waals surface area contributed by atoms with Gasteiger partial charge < -0.3 is 0 Å². The predicted molar refractivity (Wildman–Crippen MR) is 73.3 cm³/mol. The summed E-state index contributed by atoms with van der Waals surface area (Å²) in [6.45, 7) is 6.24. The summed E-state index contributed by atoms with van der Waals surface area (Å²) in [6, 6.07) is 6.35. The summed E-state index contributed by atoms with van der Waals surface area (Å²) in [5.41, 5.74) is 3.57. The topological polar surface area (TPSA) is 17.1 Å². The van der Waals surface area contributed by atoms with Crippen LogP contribution in [0.1, 0.15) is 37.3 Å². The van der Waals surface area contributed by atoms with Gasteiger partial charge in [-0.1, -0.05) is 30.0 Å². The number of carbonyl (C=O) groups is 1. The van der Waals surface area contributed by atoms with Crippen molar-refractivity contribution in [3.8, 4) is 0 Å². The SMILES string of the molecule is CC1=C(Sc2c(C)cccc2C)CCCC1=O. The third-order valence-corrected chi connectivity index (χ3v) is 4.88. The highest BCUT2D eigenvalue weighted by molar-refractivity contribution is 8.03. The fraction of sp³-hybridized carbons (Fsp3) is 0.400. The van der Waals surface area contributed by atoms with Crippen LogP contribution in [-0.4, -0.2) is 5.78 Å². The first kappa shape index (κ1) is 12.4. The molecule has 0 aliphatic heterocycles. The zero-order valence-electron chi connectivity index (χ0n) is 10.7. The van der Waals surface area contributed by atoms with Gasteiger partial charge in [-0.15, -0.1) is 0 Å². The average Bonchev–Trinajstić information content (AvgIpc) is 2.29. The highest BCUT2D eigenvalue weighted by atomic mass is 32.2. The van der Waals surface area contributed by atoms with Crippen LogP contribution in [0.4, 0.5) is 0 Å². The van der Waals surface area contributed by atoms with E-state index in [0.29, 0.717) is 5.78 Å². The largest absolute Gasteiger partial charge is 0.295 e. The van der Waals surface area contributed by atoms with E-state index in [-0.39, 0.29) is 0 Å². The number of allylic oxidation sites excluding steroid dienone is 2. The zero-order valence-corrected chi connectivity index (χ0v) is 11.5. The molecule has 0 radical (unpaired) electrons. The first-order valence-corrected chi connectivity index (χ1v) is 6.88. The second-order valence-electron chi connectivity index (χ2n) is 4.65. The van der Waals surface area contributed by atoms with E-state index in [1.54, 1.807) is 11.8 Å². The molecule has 1 aromatic carbocycles. The molecule has 0 atom stereocenters. The van der Waals surface area contributed by atoms with Gasteiger partial charge in [-0.25, -0.2) is 0 Å². The summed E-state index contributed by atoms with van der Waals surface area (Å²) in [5, 5.41) is 0. The Labute approximate surface area is 107 Å². The number of thioether (sulfide) groups is 1. The maximum atomic E-state index is 11.7. The minimum absolute atomic E-state index is 0.324. The Bertz CT molecular complexity index is 465. The Morgan fingerprint density at radius 2 is 1.71 bits per heavy atom. The van der Waals surface area contributed by atoms with Gasteiger partial charge in [0.05, 0.1) is 0 Å². The van der Waals surface area contributed by atoms with Crippen molar-refractivity contribution < 1.29 is 4.79 Å². The number of Topliss-reactive ketones (excluding diaryl/α,β-unsaturated/α-hetero) is 1. The third kappa shape index (κ3) is 2.63. The van der Waals surface area contributed by atoms with Crippen molar-refractivity contribution in [3.63, 3.8) is 0 Å². The van der Waals surface area contributed by atoms with Crippen molar-refractivity contribution in [1.82, 2.24) is 0 Å². The van der Waals surface area contributed by atoms with E-state index in [9.17, 15) is 4.79 Å². The minimum atomic E-state index is 0.324. The van der Waals surface area contributed by atoms with E-state index in [1.807, 2.05) is 6.92 Å². The molecule has 1 aromatic rings. The molecule has 0 saturated carbocycles. The predicted octanol–water partition coefficient (Wildman–Crippen LogP) is 4.42. The van der Waals surface area contributed by atoms with Crippen LogP contribution in [0.25, 0.3) is 0 Å². The van der Waals surface area contributed by atoms with Gasteiger partial charge in [0.1, 0.15) is 0 Å². The second-order valence-corrected chi connectivity index (χ2v) is 5.75. The number of hydrogen-bond donors (Lipinski definition) is 0. The number of carbonyl (C=O) groups excluding carboxylic acids is 1. The molecule has 2 rings (SSSR count). The lowest BCUT2D eigenvalue weighted by atomic mass is 9.99. The molecule has 0 fully saturated rings. The molecule has 0 saturated heterocycles. The van der Waals surface area contributed by atoms with Gasteiger partial charge in [0.25, 0.3) is 0 Å². The van der Waals surface area contributed by atoms with Gasteiger partial charge in [0.15, 0.2) is 5.78 Å². The Balaban J connectivity index is 2.33. The van der Waals surface area contributed by atoms with Crippen molar-refractivity contribution in [2.24, 2.45) is 0 Å². The quantitative estimate of drug-likeness (QED) is 0.768. The van der Waals surface area contributed by atoms with E-state index in [2.05, 4.69) is 32.0 Å². The highest BCUT2D eigenvalue weighted by Crippen LogP contribution is 2.38. The van der Waals surface area contributed by atoms with E-state index in [1.165, 1.54) is 20.9 Å². The normalized spacial score (nSPS) is 16.5. The van der Waals surface area contributed by atoms with Gasteiger partial charge in [-0.3, -0.25) is 4.79 Å². The third-order valence-electron chi connectivity index (χ3n) is 3.28. The summed E-state index contributed by atoms with van der Waals surface area (Å²) in [4.78, 5) is 14.3. The first-order valence-electron chi connectivity index (χ1n) is 6.06. The van der Waals surface area contributed by atoms with Crippen molar-refractivity contribution in [1.29, 1.82) is 0 Å². The summed E-state index contributed by atoms with van der Waals surface area (Å²) in [7, 11) is 0. The fourth-order valence-corrected chi connectivity index (χ4v) is 3.37. The molecule has 2 heteroatoms. The molecule has 0 N–H and O–H groups in total. The van der Waals surface area contributed by atoms with Gasteiger partial charge in [0.2, 0.25) is 0 Å². The number of aryl methyl sites for hydroxylation is 2. The summed E-state index contributed by atoms with van der Waals surface area (Å²) < 4.78 is 0. The molecular weight excluding hydrogens is 228 g/mol. The molecule has 0 aromatic heterocycles. The maximum Gasteiger partial charge on any atom is 0.159 e. The molecule has 1 aliphatic rings. The summed E-state index contributed by atoms with van der Waals surface area (Å²) >= 11 is 1.79. The first-order chi connectivity index (χ1) is 8.09. The Morgan fingerprint density at radius 3 is 2.35 bits per heavy atom. The van der Waals surface area contributed by atoms with Crippen molar-refractivity contribution >= 4 is 17.5 Å². The molecule has 1 nitrogen and oxygen atoms in total. The molecule has 0 heterocycles. The van der Waals surface area contributed by atoms with E-state index < -0.39 is 0 Å².